The maximum atomic E-state index is 13.9. The average Bonchev–Trinajstić information content (AvgIpc) is 3.22. The SMILES string of the molecule is Cc1ccc(C(=O)N2CCC(C3CCN(Cc4cccc(F)c4F)CC3)C2)cn1. The van der Waals surface area contributed by atoms with Gasteiger partial charge >= 0.3 is 0 Å². The summed E-state index contributed by atoms with van der Waals surface area (Å²) in [7, 11) is 0. The van der Waals surface area contributed by atoms with Gasteiger partial charge in [0.15, 0.2) is 11.6 Å². The van der Waals surface area contributed by atoms with E-state index >= 15 is 0 Å². The quantitative estimate of drug-likeness (QED) is 0.779. The highest BCUT2D eigenvalue weighted by Gasteiger charge is 2.34. The first-order chi connectivity index (χ1) is 14.0. The molecule has 1 amide bonds. The van der Waals surface area contributed by atoms with Crippen LogP contribution in [0.1, 0.15) is 40.9 Å². The zero-order chi connectivity index (χ0) is 20.4. The molecule has 2 fully saturated rings. The van der Waals surface area contributed by atoms with Crippen molar-refractivity contribution in [2.45, 2.75) is 32.7 Å². The number of carbonyl (C=O) groups excluding carboxylic acids is 1. The predicted molar refractivity (Wildman–Crippen MR) is 107 cm³/mol. The van der Waals surface area contributed by atoms with Crippen molar-refractivity contribution in [3.63, 3.8) is 0 Å². The Hall–Kier alpha value is -2.34. The van der Waals surface area contributed by atoms with E-state index in [-0.39, 0.29) is 5.91 Å². The molecule has 29 heavy (non-hydrogen) atoms. The van der Waals surface area contributed by atoms with E-state index in [2.05, 4.69) is 9.88 Å². The monoisotopic (exact) mass is 399 g/mol. The minimum absolute atomic E-state index is 0.0685. The largest absolute Gasteiger partial charge is 0.338 e. The second-order valence-electron chi connectivity index (χ2n) is 8.31. The average molecular weight is 399 g/mol. The van der Waals surface area contributed by atoms with Crippen molar-refractivity contribution in [2.24, 2.45) is 11.8 Å². The number of carbonyl (C=O) groups is 1. The summed E-state index contributed by atoms with van der Waals surface area (Å²) >= 11 is 0. The minimum atomic E-state index is -0.781. The molecule has 2 aliphatic heterocycles. The van der Waals surface area contributed by atoms with Crippen LogP contribution in [0.15, 0.2) is 36.5 Å². The lowest BCUT2D eigenvalue weighted by Gasteiger charge is -2.35. The van der Waals surface area contributed by atoms with E-state index in [0.717, 1.165) is 57.2 Å². The van der Waals surface area contributed by atoms with E-state index in [1.807, 2.05) is 24.0 Å². The van der Waals surface area contributed by atoms with Crippen molar-refractivity contribution in [3.05, 3.63) is 65.0 Å². The lowest BCUT2D eigenvalue weighted by Crippen LogP contribution is -2.37. The predicted octanol–water partition coefficient (Wildman–Crippen LogP) is 4.04. The normalized spacial score (nSPS) is 20.9. The molecule has 154 valence electrons. The number of pyridine rings is 1. The third kappa shape index (κ3) is 4.47. The van der Waals surface area contributed by atoms with Crippen LogP contribution in [0.25, 0.3) is 0 Å². The minimum Gasteiger partial charge on any atom is -0.338 e. The Balaban J connectivity index is 1.29. The van der Waals surface area contributed by atoms with Crippen LogP contribution < -0.4 is 0 Å². The first-order valence-corrected chi connectivity index (χ1v) is 10.4. The summed E-state index contributed by atoms with van der Waals surface area (Å²) in [5, 5.41) is 0. The van der Waals surface area contributed by atoms with Crippen LogP contribution in [0.4, 0.5) is 8.78 Å². The molecule has 2 aromatic rings. The van der Waals surface area contributed by atoms with Crippen molar-refractivity contribution in [1.29, 1.82) is 0 Å². The topological polar surface area (TPSA) is 36.4 Å². The Kier molecular flexibility index (Phi) is 5.90. The number of benzene rings is 1. The van der Waals surface area contributed by atoms with Crippen LogP contribution in [0, 0.1) is 30.4 Å². The van der Waals surface area contributed by atoms with Crippen LogP contribution >= 0.6 is 0 Å². The summed E-state index contributed by atoms with van der Waals surface area (Å²) in [5.74, 6) is -0.343. The molecule has 4 rings (SSSR count). The molecule has 2 saturated heterocycles. The van der Waals surface area contributed by atoms with Crippen LogP contribution in [0.2, 0.25) is 0 Å². The number of aryl methyl sites for hydroxylation is 1. The molecular weight excluding hydrogens is 372 g/mol. The zero-order valence-electron chi connectivity index (χ0n) is 16.8. The molecular formula is C23H27F2N3O. The Bertz CT molecular complexity index is 863. The number of amides is 1. The van der Waals surface area contributed by atoms with E-state index in [0.29, 0.717) is 29.5 Å². The van der Waals surface area contributed by atoms with Crippen LogP contribution in [0.5, 0.6) is 0 Å². The van der Waals surface area contributed by atoms with Gasteiger partial charge in [-0.05, 0) is 69.3 Å². The molecule has 6 heteroatoms. The van der Waals surface area contributed by atoms with Gasteiger partial charge in [-0.15, -0.1) is 0 Å². The molecule has 0 bridgehead atoms. The maximum absolute atomic E-state index is 13.9. The Labute approximate surface area is 170 Å². The van der Waals surface area contributed by atoms with Gasteiger partial charge in [0, 0.05) is 37.1 Å². The molecule has 3 heterocycles. The van der Waals surface area contributed by atoms with E-state index in [1.54, 1.807) is 18.3 Å². The third-order valence-electron chi connectivity index (χ3n) is 6.39. The molecule has 1 atom stereocenters. The lowest BCUT2D eigenvalue weighted by atomic mass is 9.83. The highest BCUT2D eigenvalue weighted by Crippen LogP contribution is 2.33. The lowest BCUT2D eigenvalue weighted by molar-refractivity contribution is 0.0772. The van der Waals surface area contributed by atoms with Gasteiger partial charge in [0.05, 0.1) is 5.56 Å². The van der Waals surface area contributed by atoms with Crippen LogP contribution in [0.3, 0.4) is 0 Å². The molecule has 1 aromatic heterocycles. The molecule has 0 spiro atoms. The number of nitrogens with zero attached hydrogens (tertiary/aromatic N) is 3. The van der Waals surface area contributed by atoms with Gasteiger partial charge in [0.2, 0.25) is 0 Å². The molecule has 0 N–H and O–H groups in total. The van der Waals surface area contributed by atoms with Gasteiger partial charge in [-0.25, -0.2) is 8.78 Å². The van der Waals surface area contributed by atoms with Gasteiger partial charge in [0.25, 0.3) is 5.91 Å². The van der Waals surface area contributed by atoms with Gasteiger partial charge < -0.3 is 4.90 Å². The number of hydrogen-bond acceptors (Lipinski definition) is 3. The summed E-state index contributed by atoms with van der Waals surface area (Å²) in [6, 6.07) is 8.10. The van der Waals surface area contributed by atoms with Gasteiger partial charge in [-0.1, -0.05) is 12.1 Å². The van der Waals surface area contributed by atoms with Crippen molar-refractivity contribution in [2.75, 3.05) is 26.2 Å². The van der Waals surface area contributed by atoms with Crippen molar-refractivity contribution in [3.8, 4) is 0 Å². The van der Waals surface area contributed by atoms with E-state index in [1.165, 1.54) is 0 Å². The van der Waals surface area contributed by atoms with E-state index in [9.17, 15) is 13.6 Å². The summed E-state index contributed by atoms with van der Waals surface area (Å²) in [6.07, 6.45) is 4.77. The summed E-state index contributed by atoms with van der Waals surface area (Å²) in [4.78, 5) is 21.1. The molecule has 1 aromatic carbocycles. The highest BCUT2D eigenvalue weighted by atomic mass is 19.2. The van der Waals surface area contributed by atoms with E-state index < -0.39 is 11.6 Å². The number of rotatable bonds is 4. The van der Waals surface area contributed by atoms with Gasteiger partial charge in [-0.2, -0.15) is 0 Å². The fraction of sp³-hybridized carbons (Fsp3) is 0.478. The number of piperidine rings is 1. The number of aromatic nitrogens is 1. The number of likely N-dealkylation sites (tertiary alicyclic amines) is 2. The third-order valence-corrected chi connectivity index (χ3v) is 6.39. The number of halogens is 2. The van der Waals surface area contributed by atoms with Gasteiger partial charge in [-0.3, -0.25) is 14.7 Å². The molecule has 0 aliphatic carbocycles. The van der Waals surface area contributed by atoms with Crippen LogP contribution in [-0.2, 0) is 6.54 Å². The molecule has 0 radical (unpaired) electrons. The molecule has 4 nitrogen and oxygen atoms in total. The fourth-order valence-electron chi connectivity index (χ4n) is 4.63. The highest BCUT2D eigenvalue weighted by molar-refractivity contribution is 5.94. The van der Waals surface area contributed by atoms with Gasteiger partial charge in [0.1, 0.15) is 0 Å². The Morgan fingerprint density at radius 3 is 2.55 bits per heavy atom. The maximum Gasteiger partial charge on any atom is 0.255 e. The second kappa shape index (κ2) is 8.57. The second-order valence-corrected chi connectivity index (χ2v) is 8.31. The zero-order valence-corrected chi connectivity index (χ0v) is 16.8. The fourth-order valence-corrected chi connectivity index (χ4v) is 4.63. The summed E-state index contributed by atoms with van der Waals surface area (Å²) in [5.41, 5.74) is 1.99. The van der Waals surface area contributed by atoms with Crippen molar-refractivity contribution < 1.29 is 13.6 Å². The molecule has 2 aliphatic rings. The summed E-state index contributed by atoms with van der Waals surface area (Å²) in [6.45, 7) is 5.73. The standard InChI is InChI=1S/C23H27F2N3O/c1-16-5-6-18(13-26-16)23(29)28-12-9-19(15-28)17-7-10-27(11-8-17)14-20-3-2-4-21(24)22(20)25/h2-6,13,17,19H,7-12,14-15H2,1H3. The molecule has 1 unspecified atom stereocenters. The first-order valence-electron chi connectivity index (χ1n) is 10.4. The smallest absolute Gasteiger partial charge is 0.255 e. The Morgan fingerprint density at radius 1 is 1.07 bits per heavy atom. The first kappa shape index (κ1) is 20.0. The Morgan fingerprint density at radius 2 is 1.83 bits per heavy atom. The van der Waals surface area contributed by atoms with E-state index in [4.69, 9.17) is 0 Å². The van der Waals surface area contributed by atoms with Crippen molar-refractivity contribution in [1.82, 2.24) is 14.8 Å². The summed E-state index contributed by atoms with van der Waals surface area (Å²) < 4.78 is 27.3. The number of hydrogen-bond donors (Lipinski definition) is 0. The van der Waals surface area contributed by atoms with Crippen molar-refractivity contribution >= 4 is 5.91 Å². The molecule has 0 saturated carbocycles. The van der Waals surface area contributed by atoms with Crippen LogP contribution in [-0.4, -0.2) is 46.9 Å².